The summed E-state index contributed by atoms with van der Waals surface area (Å²) in [5, 5.41) is 151. The van der Waals surface area contributed by atoms with Crippen molar-refractivity contribution < 1.29 is 152 Å². The molecule has 0 aliphatic carbocycles. The largest absolute Gasteiger partial charge is 0.508 e. The summed E-state index contributed by atoms with van der Waals surface area (Å²) in [6, 6.07) is 10.9. The minimum Gasteiger partial charge on any atom is -0.508 e. The van der Waals surface area contributed by atoms with Gasteiger partial charge in [0.1, 0.15) is 98.3 Å². The molecule has 14 N–H and O–H groups in total. The van der Waals surface area contributed by atoms with Crippen molar-refractivity contribution in [3.63, 3.8) is 0 Å². The van der Waals surface area contributed by atoms with E-state index in [1.165, 1.54) is 95.2 Å². The zero-order valence-electron chi connectivity index (χ0n) is 46.2. The number of methoxy groups -OCH3 is 4. The second-order valence-electron chi connectivity index (χ2n) is 19.6. The van der Waals surface area contributed by atoms with Gasteiger partial charge in [-0.15, -0.1) is 0 Å². The van der Waals surface area contributed by atoms with Crippen LogP contribution < -0.4 is 18.9 Å². The van der Waals surface area contributed by atoms with Crippen molar-refractivity contribution in [3.8, 4) is 40.2 Å². The molecule has 4 fully saturated rings. The van der Waals surface area contributed by atoms with Gasteiger partial charge in [-0.1, -0.05) is 12.1 Å². The van der Waals surface area contributed by atoms with Gasteiger partial charge in [-0.25, -0.2) is 14.4 Å². The van der Waals surface area contributed by atoms with Crippen LogP contribution in [0.2, 0.25) is 0 Å². The Hall–Kier alpha value is -6.83. The number of aromatic hydroxyl groups is 3. The molecule has 0 amide bonds. The molecule has 4 aliphatic heterocycles. The number of phenolic OH excluding ortho intramolecular Hbond substituents is 3. The maximum absolute atomic E-state index is 14.0. The van der Waals surface area contributed by atoms with Crippen molar-refractivity contribution in [1.29, 1.82) is 0 Å². The standard InChI is InChI=1S/C55H68O31/c1-73-28-15-25(16-29(74-2)39(28)64)8-12-36(61)77-22-35-42(67)44(69)50(84-53-47(72)45(70)48(33(20-57)79-53)83-52-46(71)43(68)41(66)32(19-56)78-52)54(80-35)86-55(23-59)51(82-38(63)14-9-26-17-30(75-3)40(65)31(18-26)76-4)49(34(21-58)85-55)81-37(62)13-7-24-5-10-27(60)11-6-24/h5-18,32-35,41-54,56-60,64-72H,19-23H2,1-4H3/t32-,33-,34-,35-,41-,42-,43+,44+,45-,46-,47-,48-,49-,50-,51+,52+,53+,54-,55+/m1/s1. The van der Waals surface area contributed by atoms with E-state index in [0.29, 0.717) is 5.56 Å². The number of phenols is 3. The summed E-state index contributed by atoms with van der Waals surface area (Å²) < 4.78 is 78.9. The number of hydrogen-bond acceptors (Lipinski definition) is 31. The first kappa shape index (κ1) is 66.7. The quantitative estimate of drug-likeness (QED) is 0.0232. The molecule has 0 saturated carbocycles. The molecule has 4 aliphatic rings. The van der Waals surface area contributed by atoms with Crippen molar-refractivity contribution in [3.05, 3.63) is 83.4 Å². The van der Waals surface area contributed by atoms with Gasteiger partial charge < -0.3 is 138 Å². The highest BCUT2D eigenvalue weighted by Gasteiger charge is 2.63. The molecule has 86 heavy (non-hydrogen) atoms. The molecule has 31 heteroatoms. The van der Waals surface area contributed by atoms with Crippen LogP contribution in [0.25, 0.3) is 18.2 Å². The summed E-state index contributed by atoms with van der Waals surface area (Å²) in [5.41, 5.74) is 0.854. The number of carbonyl (C=O) groups excluding carboxylic acids is 3. The fourth-order valence-electron chi connectivity index (χ4n) is 9.48. The van der Waals surface area contributed by atoms with Gasteiger partial charge in [0.15, 0.2) is 54.1 Å². The molecule has 474 valence electrons. The zero-order chi connectivity index (χ0) is 62.7. The van der Waals surface area contributed by atoms with Gasteiger partial charge in [0.05, 0.1) is 48.3 Å². The van der Waals surface area contributed by atoms with Crippen molar-refractivity contribution in [2.24, 2.45) is 0 Å². The van der Waals surface area contributed by atoms with Crippen molar-refractivity contribution >= 4 is 36.1 Å². The first-order valence-corrected chi connectivity index (χ1v) is 26.2. The summed E-state index contributed by atoms with van der Waals surface area (Å²) in [7, 11) is 5.04. The van der Waals surface area contributed by atoms with E-state index in [4.69, 9.17) is 66.3 Å². The predicted molar refractivity (Wildman–Crippen MR) is 283 cm³/mol. The molecule has 7 rings (SSSR count). The van der Waals surface area contributed by atoms with Gasteiger partial charge in [0, 0.05) is 18.2 Å². The number of benzene rings is 3. The van der Waals surface area contributed by atoms with Crippen LogP contribution >= 0.6 is 0 Å². The van der Waals surface area contributed by atoms with Crippen LogP contribution in [-0.4, -0.2) is 267 Å². The van der Waals surface area contributed by atoms with E-state index in [9.17, 15) is 85.9 Å². The van der Waals surface area contributed by atoms with Crippen LogP contribution in [0.3, 0.4) is 0 Å². The summed E-state index contributed by atoms with van der Waals surface area (Å²) >= 11 is 0. The predicted octanol–water partition coefficient (Wildman–Crippen LogP) is -3.80. The second kappa shape index (κ2) is 29.7. The lowest BCUT2D eigenvalue weighted by Crippen LogP contribution is -2.67. The van der Waals surface area contributed by atoms with E-state index in [1.807, 2.05) is 0 Å². The van der Waals surface area contributed by atoms with E-state index in [1.54, 1.807) is 0 Å². The SMILES string of the molecule is COc1cc(C=CC(=O)OC[C@H]2O[C@H](O[C@]3(CO)O[C@H](CO)[C@@H](OC(=O)C=Cc4ccc(O)cc4)[C@@H]3OC(=O)C=Cc3cc(OC)c(O)c(OC)c3)[C@H](O[C@@H]3O[C@H](CO)[C@@H](O[C@@H]4O[C@H](CO)[C@@H](O)[C@H](O)[C@H]4O)[C@H](O)[C@H]3O)[C@@H](O)[C@@H]2O)cc(OC)c1O. The number of aliphatic hydroxyl groups excluding tert-OH is 11. The van der Waals surface area contributed by atoms with Gasteiger partial charge in [-0.05, 0) is 71.3 Å². The fraction of sp³-hybridized carbons (Fsp3) is 0.509. The van der Waals surface area contributed by atoms with E-state index in [2.05, 4.69) is 0 Å². The molecule has 0 radical (unpaired) electrons. The third kappa shape index (κ3) is 15.1. The van der Waals surface area contributed by atoms with Crippen LogP contribution in [0.4, 0.5) is 0 Å². The van der Waals surface area contributed by atoms with E-state index < -0.39 is 167 Å². The highest BCUT2D eigenvalue weighted by atomic mass is 16.8. The topological polar surface area (TPSA) is 464 Å². The first-order valence-electron chi connectivity index (χ1n) is 26.2. The molecule has 4 heterocycles. The van der Waals surface area contributed by atoms with E-state index in [-0.39, 0.29) is 51.4 Å². The van der Waals surface area contributed by atoms with Crippen molar-refractivity contribution in [2.75, 3.05) is 61.5 Å². The first-order chi connectivity index (χ1) is 41.1. The summed E-state index contributed by atoms with van der Waals surface area (Å²) in [6.45, 7) is -5.39. The Kier molecular flexibility index (Phi) is 23.0. The van der Waals surface area contributed by atoms with Crippen LogP contribution in [0.5, 0.6) is 40.2 Å². The minimum absolute atomic E-state index is 0.0181. The molecule has 3 aromatic rings. The third-order valence-corrected chi connectivity index (χ3v) is 14.1. The Morgan fingerprint density at radius 2 is 0.930 bits per heavy atom. The van der Waals surface area contributed by atoms with Crippen molar-refractivity contribution in [1.82, 2.24) is 0 Å². The molecule has 19 atom stereocenters. The summed E-state index contributed by atoms with van der Waals surface area (Å²) in [6.07, 6.45) is -30.2. The number of esters is 3. The van der Waals surface area contributed by atoms with Crippen molar-refractivity contribution in [2.45, 2.75) is 116 Å². The summed E-state index contributed by atoms with van der Waals surface area (Å²) in [5.74, 6) is -7.44. The second-order valence-corrected chi connectivity index (χ2v) is 19.6. The normalized spacial score (nSPS) is 33.0. The Labute approximate surface area is 488 Å². The van der Waals surface area contributed by atoms with E-state index >= 15 is 0 Å². The number of ether oxygens (including phenoxy) is 14. The minimum atomic E-state index is -2.92. The molecule has 4 saturated heterocycles. The van der Waals surface area contributed by atoms with Crippen LogP contribution in [-0.2, 0) is 61.8 Å². The molecule has 31 nitrogen and oxygen atoms in total. The Bertz CT molecular complexity index is 2790. The molecular weight excluding hydrogens is 1160 g/mol. The maximum atomic E-state index is 14.0. The number of carbonyl (C=O) groups is 3. The smallest absolute Gasteiger partial charge is 0.331 e. The van der Waals surface area contributed by atoms with E-state index in [0.717, 1.165) is 18.2 Å². The fourth-order valence-corrected chi connectivity index (χ4v) is 9.48. The highest BCUT2D eigenvalue weighted by molar-refractivity contribution is 5.89. The molecule has 0 aromatic heterocycles. The van der Waals surface area contributed by atoms with Crippen LogP contribution in [0.15, 0.2) is 66.8 Å². The third-order valence-electron chi connectivity index (χ3n) is 14.1. The molecule has 0 unspecified atom stereocenters. The Balaban J connectivity index is 1.23. The van der Waals surface area contributed by atoms with Gasteiger partial charge >= 0.3 is 17.9 Å². The van der Waals surface area contributed by atoms with Gasteiger partial charge in [-0.3, -0.25) is 0 Å². The molecule has 3 aromatic carbocycles. The van der Waals surface area contributed by atoms with Gasteiger partial charge in [-0.2, -0.15) is 0 Å². The average Bonchev–Trinajstić information content (AvgIpc) is 1.77. The summed E-state index contributed by atoms with van der Waals surface area (Å²) in [4.78, 5) is 40.8. The number of hydrogen-bond donors (Lipinski definition) is 14. The highest BCUT2D eigenvalue weighted by Crippen LogP contribution is 2.43. The lowest BCUT2D eigenvalue weighted by molar-refractivity contribution is -0.412. The Morgan fingerprint density at radius 1 is 0.488 bits per heavy atom. The molecule has 0 bridgehead atoms. The molecular formula is C55H68O31. The van der Waals surface area contributed by atoms with Gasteiger partial charge in [0.2, 0.25) is 17.3 Å². The lowest BCUT2D eigenvalue weighted by atomic mass is 9.96. The lowest BCUT2D eigenvalue weighted by Gasteiger charge is -2.49. The monoisotopic (exact) mass is 1220 g/mol. The zero-order valence-corrected chi connectivity index (χ0v) is 46.2. The number of aliphatic hydroxyl groups is 11. The van der Waals surface area contributed by atoms with Gasteiger partial charge in [0.25, 0.3) is 0 Å². The average molecular weight is 1230 g/mol. The Morgan fingerprint density at radius 3 is 1.44 bits per heavy atom. The van der Waals surface area contributed by atoms with Crippen LogP contribution in [0.1, 0.15) is 16.7 Å². The number of rotatable bonds is 24. The van der Waals surface area contributed by atoms with Crippen LogP contribution in [0, 0.1) is 0 Å². The maximum Gasteiger partial charge on any atom is 0.331 e. The molecule has 0 spiro atoms.